The van der Waals surface area contributed by atoms with Gasteiger partial charge in [0.25, 0.3) is 0 Å². The van der Waals surface area contributed by atoms with Crippen molar-refractivity contribution in [3.63, 3.8) is 0 Å². The smallest absolute Gasteiger partial charge is 1.00 e. The predicted molar refractivity (Wildman–Crippen MR) is 48.4 cm³/mol. The topological polar surface area (TPSA) is 20.2 Å². The third-order valence-corrected chi connectivity index (χ3v) is 1.80. The summed E-state index contributed by atoms with van der Waals surface area (Å²) < 4.78 is 0. The Bertz CT molecular complexity index is 61.0. The average molecular weight is 270 g/mol. The van der Waals surface area contributed by atoms with E-state index in [0.717, 1.165) is 6.42 Å². The van der Waals surface area contributed by atoms with Crippen LogP contribution >= 0.6 is 0 Å². The molecule has 0 rings (SSSR count). The minimum absolute atomic E-state index is 0. The first-order valence-electron chi connectivity index (χ1n) is 3.96. The quantitative estimate of drug-likeness (QED) is 0.757. The monoisotopic (exact) mass is 270 g/mol. The van der Waals surface area contributed by atoms with Gasteiger partial charge in [-0.05, 0) is 12.3 Å². The van der Waals surface area contributed by atoms with Crippen LogP contribution in [0.15, 0.2) is 0 Å². The maximum atomic E-state index is 8.75. The molecule has 60 valence electrons. The Kier molecular flexibility index (Phi) is 14.8. The fourth-order valence-electron chi connectivity index (χ4n) is 0.917. The summed E-state index contributed by atoms with van der Waals surface area (Å²) in [6.07, 6.45) is 4.83. The van der Waals surface area contributed by atoms with Crippen LogP contribution < -0.4 is 0 Å². The normalized spacial score (nSPS) is 12.3. The van der Waals surface area contributed by atoms with Gasteiger partial charge < -0.3 is 7.96 Å². The fraction of sp³-hybridized carbons (Fsp3) is 1.00. The van der Waals surface area contributed by atoms with Crippen LogP contribution in [0.2, 0.25) is 0 Å². The third kappa shape index (κ3) is 7.64. The van der Waals surface area contributed by atoms with Crippen molar-refractivity contribution in [2.45, 2.75) is 39.5 Å². The maximum Gasteiger partial charge on any atom is 2.00 e. The van der Waals surface area contributed by atoms with E-state index in [4.69, 9.17) is 5.11 Å². The third-order valence-electron chi connectivity index (χ3n) is 1.80. The molecule has 0 bridgehead atoms. The fourth-order valence-corrected chi connectivity index (χ4v) is 0.917. The predicted octanol–water partition coefficient (Wildman–Crippen LogP) is 2.04. The molecule has 1 N–H and O–H groups in total. The van der Waals surface area contributed by atoms with Crippen molar-refractivity contribution in [1.29, 1.82) is 0 Å². The summed E-state index contributed by atoms with van der Waals surface area (Å²) in [7, 11) is 0. The Labute approximate surface area is 108 Å². The van der Waals surface area contributed by atoms with Gasteiger partial charge in [0.05, 0.1) is 0 Å². The number of rotatable bonds is 5. The molecule has 0 amide bonds. The minimum atomic E-state index is 0. The molecule has 1 nitrogen and oxygen atoms in total. The van der Waals surface area contributed by atoms with Gasteiger partial charge in [-0.1, -0.05) is 33.1 Å². The van der Waals surface area contributed by atoms with E-state index in [1.807, 2.05) is 0 Å². The van der Waals surface area contributed by atoms with E-state index < -0.39 is 0 Å². The van der Waals surface area contributed by atoms with Crippen LogP contribution in [0, 0.1) is 5.92 Å². The second kappa shape index (κ2) is 10.5. The average Bonchev–Trinajstić information content (AvgIpc) is 1.91. The zero-order valence-corrected chi connectivity index (χ0v) is 11.7. The van der Waals surface area contributed by atoms with Crippen molar-refractivity contribution in [2.75, 3.05) is 6.61 Å². The molecule has 0 saturated carbocycles. The van der Waals surface area contributed by atoms with Gasteiger partial charge in [0.1, 0.15) is 0 Å². The summed E-state index contributed by atoms with van der Waals surface area (Å²) in [5.74, 6) is 0.560. The molecule has 0 aromatic carbocycles. The molecule has 0 spiro atoms. The molecule has 1 unspecified atom stereocenters. The van der Waals surface area contributed by atoms with Crippen LogP contribution in [0.4, 0.5) is 0 Å². The Morgan fingerprint density at radius 1 is 1.40 bits per heavy atom. The molecule has 0 saturated heterocycles. The van der Waals surface area contributed by atoms with Gasteiger partial charge in [0.15, 0.2) is 0 Å². The van der Waals surface area contributed by atoms with E-state index in [-0.39, 0.29) is 51.7 Å². The first kappa shape index (κ1) is 14.1. The SMILES string of the molecule is CCCCC(CC)CO.[Ba+2].[H-].[H-]. The van der Waals surface area contributed by atoms with E-state index >= 15 is 0 Å². The second-order valence-corrected chi connectivity index (χ2v) is 2.60. The molecule has 0 fully saturated rings. The van der Waals surface area contributed by atoms with Crippen molar-refractivity contribution in [3.05, 3.63) is 0 Å². The van der Waals surface area contributed by atoms with E-state index in [1.54, 1.807) is 0 Å². The summed E-state index contributed by atoms with van der Waals surface area (Å²) in [5.41, 5.74) is 0. The van der Waals surface area contributed by atoms with Crippen LogP contribution in [-0.2, 0) is 0 Å². The number of aliphatic hydroxyl groups is 1. The Balaban J connectivity index is -0.000000107. The van der Waals surface area contributed by atoms with Crippen molar-refractivity contribution in [1.82, 2.24) is 0 Å². The van der Waals surface area contributed by atoms with Crippen LogP contribution in [0.5, 0.6) is 0 Å². The van der Waals surface area contributed by atoms with Gasteiger partial charge >= 0.3 is 48.9 Å². The number of aliphatic hydroxyl groups excluding tert-OH is 1. The van der Waals surface area contributed by atoms with E-state index in [2.05, 4.69) is 13.8 Å². The molecule has 1 atom stereocenters. The van der Waals surface area contributed by atoms with E-state index in [1.165, 1.54) is 19.3 Å². The van der Waals surface area contributed by atoms with Gasteiger partial charge in [-0.2, -0.15) is 0 Å². The molecular weight excluding hydrogens is 249 g/mol. The number of hydrogen-bond donors (Lipinski definition) is 1. The summed E-state index contributed by atoms with van der Waals surface area (Å²) in [6.45, 7) is 4.69. The number of unbranched alkanes of at least 4 members (excludes halogenated alkanes) is 1. The van der Waals surface area contributed by atoms with Crippen molar-refractivity contribution < 1.29 is 7.96 Å². The van der Waals surface area contributed by atoms with Crippen LogP contribution in [0.25, 0.3) is 0 Å². The summed E-state index contributed by atoms with van der Waals surface area (Å²) in [4.78, 5) is 0. The zero-order chi connectivity index (χ0) is 7.11. The van der Waals surface area contributed by atoms with Crippen LogP contribution in [-0.4, -0.2) is 60.6 Å². The molecule has 0 aliphatic carbocycles. The second-order valence-electron chi connectivity index (χ2n) is 2.60. The van der Waals surface area contributed by atoms with E-state index in [9.17, 15) is 0 Å². The molecular formula is C8H20BaO. The van der Waals surface area contributed by atoms with Crippen molar-refractivity contribution >= 4 is 48.9 Å². The van der Waals surface area contributed by atoms with Gasteiger partial charge in [-0.25, -0.2) is 0 Å². The molecule has 0 aliphatic rings. The largest absolute Gasteiger partial charge is 2.00 e. The molecule has 0 aromatic rings. The minimum Gasteiger partial charge on any atom is -1.00 e. The Hall–Kier alpha value is 1.53. The maximum absolute atomic E-state index is 8.75. The Morgan fingerprint density at radius 2 is 2.00 bits per heavy atom. The molecule has 10 heavy (non-hydrogen) atoms. The Morgan fingerprint density at radius 3 is 2.30 bits per heavy atom. The molecule has 0 radical (unpaired) electrons. The molecule has 0 aliphatic heterocycles. The first-order valence-corrected chi connectivity index (χ1v) is 3.96. The van der Waals surface area contributed by atoms with Gasteiger partial charge in [0, 0.05) is 6.61 Å². The molecule has 0 aromatic heterocycles. The van der Waals surface area contributed by atoms with Crippen LogP contribution in [0.3, 0.4) is 0 Å². The van der Waals surface area contributed by atoms with Crippen molar-refractivity contribution in [3.8, 4) is 0 Å². The molecule has 0 heterocycles. The van der Waals surface area contributed by atoms with E-state index in [0.29, 0.717) is 12.5 Å². The number of hydrogen-bond acceptors (Lipinski definition) is 1. The first-order chi connectivity index (χ1) is 4.35. The zero-order valence-electron chi connectivity index (χ0n) is 9.27. The summed E-state index contributed by atoms with van der Waals surface area (Å²) >= 11 is 0. The van der Waals surface area contributed by atoms with Gasteiger partial charge in [-0.15, -0.1) is 0 Å². The van der Waals surface area contributed by atoms with Gasteiger partial charge in [-0.3, -0.25) is 0 Å². The summed E-state index contributed by atoms with van der Waals surface area (Å²) in [6, 6.07) is 0. The standard InChI is InChI=1S/C8H18O.Ba.2H/c1-3-5-6-8(4-2)7-9;;;/h8-9H,3-7H2,1-2H3;;;/q;+2;2*-1. The summed E-state index contributed by atoms with van der Waals surface area (Å²) in [5, 5.41) is 8.75. The van der Waals surface area contributed by atoms with Gasteiger partial charge in [0.2, 0.25) is 0 Å². The molecule has 2 heteroatoms. The van der Waals surface area contributed by atoms with Crippen LogP contribution in [0.1, 0.15) is 42.4 Å². The van der Waals surface area contributed by atoms with Crippen molar-refractivity contribution in [2.24, 2.45) is 5.92 Å².